The Balaban J connectivity index is 2.58. The number of hydrogen-bond acceptors (Lipinski definition) is 4. The van der Waals surface area contributed by atoms with E-state index in [4.69, 9.17) is 9.47 Å². The van der Waals surface area contributed by atoms with E-state index < -0.39 is 0 Å². The zero-order valence-electron chi connectivity index (χ0n) is 15.7. The van der Waals surface area contributed by atoms with Crippen molar-refractivity contribution in [1.82, 2.24) is 10.6 Å². The van der Waals surface area contributed by atoms with Crippen LogP contribution in [-0.4, -0.2) is 49.8 Å². The summed E-state index contributed by atoms with van der Waals surface area (Å²) in [4.78, 5) is 4.66. The van der Waals surface area contributed by atoms with Gasteiger partial charge in [-0.25, -0.2) is 0 Å². The molecule has 0 spiro atoms. The van der Waals surface area contributed by atoms with Crippen molar-refractivity contribution in [2.75, 3.05) is 33.0 Å². The smallest absolute Gasteiger partial charge is 0.191 e. The molecule has 0 aliphatic carbocycles. The third-order valence-electron chi connectivity index (χ3n) is 3.47. The Kier molecular flexibility index (Phi) is 8.82. The summed E-state index contributed by atoms with van der Waals surface area (Å²) in [7, 11) is 1.65. The Hall–Kier alpha value is -1.56. The minimum absolute atomic E-state index is 0.0151. The van der Waals surface area contributed by atoms with Crippen LogP contribution in [0.3, 0.4) is 0 Å². The molecule has 0 saturated carbocycles. The first kappa shape index (κ1) is 20.5. The van der Waals surface area contributed by atoms with Crippen LogP contribution in [0.2, 0.25) is 0 Å². The second-order valence-electron chi connectivity index (χ2n) is 6.12. The van der Waals surface area contributed by atoms with Gasteiger partial charge in [0.25, 0.3) is 0 Å². The number of methoxy groups -OCH3 is 1. The molecule has 5 nitrogen and oxygen atoms in total. The summed E-state index contributed by atoms with van der Waals surface area (Å²) in [5, 5.41) is 6.61. The number of thioether (sulfide) groups is 1. The van der Waals surface area contributed by atoms with Crippen molar-refractivity contribution in [2.24, 2.45) is 4.99 Å². The van der Waals surface area contributed by atoms with Gasteiger partial charge >= 0.3 is 0 Å². The summed E-state index contributed by atoms with van der Waals surface area (Å²) >= 11 is 1.82. The van der Waals surface area contributed by atoms with Gasteiger partial charge in [-0.3, -0.25) is 4.99 Å². The van der Waals surface area contributed by atoms with Crippen LogP contribution in [-0.2, 0) is 0 Å². The van der Waals surface area contributed by atoms with E-state index in [1.165, 1.54) is 0 Å². The zero-order valence-corrected chi connectivity index (χ0v) is 16.5. The molecule has 0 heterocycles. The minimum atomic E-state index is -0.0151. The van der Waals surface area contributed by atoms with Crippen molar-refractivity contribution >= 4 is 17.7 Å². The summed E-state index contributed by atoms with van der Waals surface area (Å²) in [5.74, 6) is 2.31. The summed E-state index contributed by atoms with van der Waals surface area (Å²) in [6.45, 7) is 10.7. The number of guanidine groups is 1. The second kappa shape index (κ2) is 10.3. The molecule has 1 atom stereocenters. The number of nitrogens with one attached hydrogen (secondary N) is 2. The standard InChI is InChI=1S/C18H31N3O2S/c1-7-19-17(21-13-18(3,4)24-6)20-12-14(2)23-16-11-9-8-10-15(16)22-5/h8-11,14H,7,12-13H2,1-6H3,(H2,19,20,21). The molecule has 0 aliphatic heterocycles. The van der Waals surface area contributed by atoms with Crippen molar-refractivity contribution in [2.45, 2.75) is 38.5 Å². The fourth-order valence-electron chi connectivity index (χ4n) is 1.89. The van der Waals surface area contributed by atoms with Gasteiger partial charge in [0.1, 0.15) is 6.10 Å². The molecular formula is C18H31N3O2S. The normalized spacial score (nSPS) is 13.3. The van der Waals surface area contributed by atoms with Crippen molar-refractivity contribution in [3.63, 3.8) is 0 Å². The van der Waals surface area contributed by atoms with E-state index in [-0.39, 0.29) is 10.9 Å². The highest BCUT2D eigenvalue weighted by molar-refractivity contribution is 7.99. The molecule has 1 aromatic carbocycles. The fourth-order valence-corrected chi connectivity index (χ4v) is 2.08. The van der Waals surface area contributed by atoms with Gasteiger partial charge in [0.2, 0.25) is 0 Å². The predicted octanol–water partition coefficient (Wildman–Crippen LogP) is 3.16. The fraction of sp³-hybridized carbons (Fsp3) is 0.611. The van der Waals surface area contributed by atoms with E-state index in [0.717, 1.165) is 30.5 Å². The van der Waals surface area contributed by atoms with Crippen LogP contribution in [0.4, 0.5) is 0 Å². The molecule has 2 N–H and O–H groups in total. The molecule has 0 saturated heterocycles. The van der Waals surface area contributed by atoms with Gasteiger partial charge in [-0.1, -0.05) is 12.1 Å². The van der Waals surface area contributed by atoms with E-state index in [2.05, 4.69) is 42.7 Å². The zero-order chi connectivity index (χ0) is 18.0. The lowest BCUT2D eigenvalue weighted by atomic mass is 10.2. The molecule has 0 bridgehead atoms. The highest BCUT2D eigenvalue weighted by atomic mass is 32.2. The number of ether oxygens (including phenoxy) is 2. The first-order chi connectivity index (χ1) is 11.4. The maximum Gasteiger partial charge on any atom is 0.191 e. The van der Waals surface area contributed by atoms with Gasteiger partial charge in [0, 0.05) is 11.3 Å². The van der Waals surface area contributed by atoms with E-state index in [1.54, 1.807) is 7.11 Å². The average molecular weight is 354 g/mol. The Morgan fingerprint density at radius 1 is 1.25 bits per heavy atom. The highest BCUT2D eigenvalue weighted by Crippen LogP contribution is 2.26. The lowest BCUT2D eigenvalue weighted by molar-refractivity contribution is 0.213. The lowest BCUT2D eigenvalue weighted by Crippen LogP contribution is -2.42. The topological polar surface area (TPSA) is 54.9 Å². The Bertz CT molecular complexity index is 521. The number of benzene rings is 1. The molecule has 24 heavy (non-hydrogen) atoms. The molecule has 136 valence electrons. The first-order valence-electron chi connectivity index (χ1n) is 8.29. The van der Waals surface area contributed by atoms with Gasteiger partial charge in [-0.05, 0) is 46.1 Å². The second-order valence-corrected chi connectivity index (χ2v) is 7.63. The van der Waals surface area contributed by atoms with Crippen LogP contribution in [0.5, 0.6) is 11.5 Å². The van der Waals surface area contributed by atoms with Crippen LogP contribution in [0.1, 0.15) is 27.7 Å². The molecule has 6 heteroatoms. The van der Waals surface area contributed by atoms with Crippen molar-refractivity contribution < 1.29 is 9.47 Å². The van der Waals surface area contributed by atoms with Crippen molar-refractivity contribution in [3.05, 3.63) is 24.3 Å². The van der Waals surface area contributed by atoms with Gasteiger partial charge in [0.05, 0.1) is 20.2 Å². The quantitative estimate of drug-likeness (QED) is 0.528. The summed E-state index contributed by atoms with van der Waals surface area (Å²) in [6, 6.07) is 7.67. The van der Waals surface area contributed by atoms with E-state index >= 15 is 0 Å². The molecule has 0 aliphatic rings. The molecule has 1 aromatic rings. The Labute approximate surface area is 150 Å². The first-order valence-corrected chi connectivity index (χ1v) is 9.51. The van der Waals surface area contributed by atoms with E-state index in [0.29, 0.717) is 6.54 Å². The number of aliphatic imine (C=N–C) groups is 1. The largest absolute Gasteiger partial charge is 0.493 e. The number of rotatable bonds is 9. The van der Waals surface area contributed by atoms with Gasteiger partial charge in [-0.2, -0.15) is 11.8 Å². The number of para-hydroxylation sites is 2. The molecule has 0 radical (unpaired) electrons. The SMILES string of the molecule is CCNC(=NCC(C)(C)SC)NCC(C)Oc1ccccc1OC. The monoisotopic (exact) mass is 353 g/mol. The maximum absolute atomic E-state index is 5.96. The van der Waals surface area contributed by atoms with Crippen LogP contribution in [0.15, 0.2) is 29.3 Å². The van der Waals surface area contributed by atoms with Crippen molar-refractivity contribution in [3.8, 4) is 11.5 Å². The summed E-state index contributed by atoms with van der Waals surface area (Å²) < 4.78 is 11.4. The Morgan fingerprint density at radius 3 is 2.50 bits per heavy atom. The Morgan fingerprint density at radius 2 is 1.92 bits per heavy atom. The third kappa shape index (κ3) is 7.34. The van der Waals surface area contributed by atoms with Crippen LogP contribution in [0.25, 0.3) is 0 Å². The summed E-state index contributed by atoms with van der Waals surface area (Å²) in [5.41, 5.74) is 0. The van der Waals surface area contributed by atoms with Gasteiger partial charge in [-0.15, -0.1) is 0 Å². The van der Waals surface area contributed by atoms with Crippen LogP contribution >= 0.6 is 11.8 Å². The molecular weight excluding hydrogens is 322 g/mol. The van der Waals surface area contributed by atoms with Crippen molar-refractivity contribution in [1.29, 1.82) is 0 Å². The van der Waals surface area contributed by atoms with Gasteiger partial charge in [0.15, 0.2) is 17.5 Å². The molecule has 1 rings (SSSR count). The molecule has 0 amide bonds. The van der Waals surface area contributed by atoms with Crippen LogP contribution < -0.4 is 20.1 Å². The highest BCUT2D eigenvalue weighted by Gasteiger charge is 2.15. The van der Waals surface area contributed by atoms with Crippen LogP contribution in [0, 0.1) is 0 Å². The third-order valence-corrected chi connectivity index (χ3v) is 4.70. The number of nitrogens with zero attached hydrogens (tertiary/aromatic N) is 1. The lowest BCUT2D eigenvalue weighted by Gasteiger charge is -2.21. The average Bonchev–Trinajstić information content (AvgIpc) is 2.58. The van der Waals surface area contributed by atoms with Gasteiger partial charge < -0.3 is 20.1 Å². The molecule has 1 unspecified atom stereocenters. The molecule has 0 fully saturated rings. The minimum Gasteiger partial charge on any atom is -0.493 e. The van der Waals surface area contributed by atoms with E-state index in [1.807, 2.05) is 43.0 Å². The van der Waals surface area contributed by atoms with E-state index in [9.17, 15) is 0 Å². The molecule has 0 aromatic heterocycles. The maximum atomic E-state index is 5.96. The number of hydrogen-bond donors (Lipinski definition) is 2. The summed E-state index contributed by atoms with van der Waals surface area (Å²) in [6.07, 6.45) is 2.10. The predicted molar refractivity (Wildman–Crippen MR) is 105 cm³/mol.